The van der Waals surface area contributed by atoms with Gasteiger partial charge in [-0.25, -0.2) is 0 Å². The van der Waals surface area contributed by atoms with E-state index in [4.69, 9.17) is 0 Å². The van der Waals surface area contributed by atoms with Gasteiger partial charge in [-0.3, -0.25) is 0 Å². The summed E-state index contributed by atoms with van der Waals surface area (Å²) in [5, 5.41) is 11.4. The van der Waals surface area contributed by atoms with Crippen LogP contribution in [0.3, 0.4) is 0 Å². The summed E-state index contributed by atoms with van der Waals surface area (Å²) in [4.78, 5) is 5.33. The molecule has 0 unspecified atom stereocenters. The molecule has 4 aliphatic rings. The Hall–Kier alpha value is -8.48. The fourth-order valence-electron chi connectivity index (χ4n) is 14.5. The van der Waals surface area contributed by atoms with Crippen molar-refractivity contribution in [2.24, 2.45) is 0 Å². The van der Waals surface area contributed by atoms with Gasteiger partial charge in [-0.1, -0.05) is 254 Å². The zero-order valence-corrected chi connectivity index (χ0v) is 47.8. The van der Waals surface area contributed by atoms with Crippen molar-refractivity contribution < 1.29 is 0 Å². The van der Waals surface area contributed by atoms with Gasteiger partial charge in [0.2, 0.25) is 0 Å². The van der Waals surface area contributed by atoms with Crippen LogP contribution in [0, 0.1) is 0 Å². The van der Waals surface area contributed by atoms with Crippen LogP contribution < -0.4 is 67.7 Å². The van der Waals surface area contributed by atoms with Crippen LogP contribution in [0.5, 0.6) is 0 Å². The molecule has 4 heterocycles. The number of benzene rings is 11. The summed E-state index contributed by atoms with van der Waals surface area (Å²) < 4.78 is 0. The first-order chi connectivity index (χ1) is 38.5. The number of rotatable bonds is 6. The predicted molar refractivity (Wildman–Crippen MR) is 343 cm³/mol. The molecule has 79 heavy (non-hydrogen) atoms. The molecule has 2 nitrogen and oxygen atoms in total. The zero-order chi connectivity index (χ0) is 53.4. The second-order valence-electron chi connectivity index (χ2n) is 24.4. The highest BCUT2D eigenvalue weighted by Crippen LogP contribution is 2.48. The molecule has 378 valence electrons. The van der Waals surface area contributed by atoms with Crippen molar-refractivity contribution in [2.45, 2.75) is 52.4 Å². The number of para-hydroxylation sites is 1. The lowest BCUT2D eigenvalue weighted by Crippen LogP contribution is -2.72. The molecule has 0 aliphatic carbocycles. The summed E-state index contributed by atoms with van der Waals surface area (Å²) >= 11 is 0. The number of anilines is 6. The molecule has 15 rings (SSSR count). The van der Waals surface area contributed by atoms with Gasteiger partial charge in [-0.15, -0.1) is 0 Å². The van der Waals surface area contributed by atoms with Crippen molar-refractivity contribution in [3.63, 3.8) is 0 Å². The molecule has 0 N–H and O–H groups in total. The summed E-state index contributed by atoms with van der Waals surface area (Å²) in [6.45, 7) is 14.2. The molecule has 0 atom stereocenters. The molecular weight excluding hydrogens is 984 g/mol. The fourth-order valence-corrected chi connectivity index (χ4v) is 25.0. The van der Waals surface area contributed by atoms with E-state index in [1.54, 1.807) is 0 Å². The third kappa shape index (κ3) is 6.82. The predicted octanol–water partition coefficient (Wildman–Crippen LogP) is 11.1. The van der Waals surface area contributed by atoms with Gasteiger partial charge in [0.05, 0.1) is 0 Å². The third-order valence-electron chi connectivity index (χ3n) is 18.1. The molecule has 0 saturated heterocycles. The van der Waals surface area contributed by atoms with E-state index in [1.807, 2.05) is 0 Å². The maximum atomic E-state index is 2.68. The van der Waals surface area contributed by atoms with E-state index in [2.05, 4.69) is 312 Å². The smallest absolute Gasteiger partial charge is 0.252 e. The monoisotopic (exact) mass is 1040 g/mol. The molecule has 0 amide bonds. The summed E-state index contributed by atoms with van der Waals surface area (Å²) in [5.41, 5.74) is 19.1. The molecular formula is C74H61BN2Si2. The number of fused-ring (bicyclic) bond motifs is 10. The molecule has 4 aliphatic heterocycles. The van der Waals surface area contributed by atoms with E-state index < -0.39 is 16.1 Å². The van der Waals surface area contributed by atoms with Gasteiger partial charge in [0.25, 0.3) is 6.71 Å². The maximum Gasteiger partial charge on any atom is 0.252 e. The van der Waals surface area contributed by atoms with Crippen LogP contribution in [0.4, 0.5) is 34.1 Å². The van der Waals surface area contributed by atoms with Crippen LogP contribution in [-0.2, 0) is 10.8 Å². The molecule has 11 aromatic carbocycles. The second-order valence-corrected chi connectivity index (χ2v) is 31.8. The third-order valence-corrected chi connectivity index (χ3v) is 27.8. The van der Waals surface area contributed by atoms with Gasteiger partial charge < -0.3 is 9.80 Å². The van der Waals surface area contributed by atoms with Crippen molar-refractivity contribution in [1.29, 1.82) is 0 Å². The van der Waals surface area contributed by atoms with Gasteiger partial charge >= 0.3 is 0 Å². The highest BCUT2D eigenvalue weighted by Gasteiger charge is 2.52. The molecule has 0 fully saturated rings. The quantitative estimate of drug-likeness (QED) is 0.153. The Kier molecular flexibility index (Phi) is 10.6. The Morgan fingerprint density at radius 1 is 0.291 bits per heavy atom. The zero-order valence-electron chi connectivity index (χ0n) is 45.8. The second kappa shape index (κ2) is 17.5. The van der Waals surface area contributed by atoms with Crippen LogP contribution >= 0.6 is 0 Å². The van der Waals surface area contributed by atoms with E-state index in [1.165, 1.54) is 125 Å². The van der Waals surface area contributed by atoms with Gasteiger partial charge in [0.1, 0.15) is 0 Å². The van der Waals surface area contributed by atoms with Gasteiger partial charge in [-0.05, 0) is 151 Å². The number of hydrogen-bond donors (Lipinski definition) is 0. The highest BCUT2D eigenvalue weighted by molar-refractivity contribution is 7.23. The van der Waals surface area contributed by atoms with E-state index in [9.17, 15) is 0 Å². The van der Waals surface area contributed by atoms with Crippen molar-refractivity contribution in [2.75, 3.05) is 9.80 Å². The van der Waals surface area contributed by atoms with E-state index in [-0.39, 0.29) is 17.5 Å². The Morgan fingerprint density at radius 3 is 1.11 bits per heavy atom. The maximum absolute atomic E-state index is 2.83. The minimum Gasteiger partial charge on any atom is -0.311 e. The summed E-state index contributed by atoms with van der Waals surface area (Å²) in [6, 6.07) is 101. The van der Waals surface area contributed by atoms with Crippen LogP contribution in [-0.4, -0.2) is 22.9 Å². The van der Waals surface area contributed by atoms with Crippen LogP contribution in [0.15, 0.2) is 261 Å². The van der Waals surface area contributed by atoms with E-state index in [0.717, 1.165) is 0 Å². The number of hydrogen-bond acceptors (Lipinski definition) is 2. The Bertz CT molecular complexity index is 4160. The molecule has 0 radical (unpaired) electrons. The Balaban J connectivity index is 1.02. The first-order valence-corrected chi connectivity index (χ1v) is 32.2. The van der Waals surface area contributed by atoms with E-state index >= 15 is 0 Å². The molecule has 11 aromatic rings. The van der Waals surface area contributed by atoms with Crippen molar-refractivity contribution in [1.82, 2.24) is 0 Å². The summed E-state index contributed by atoms with van der Waals surface area (Å²) in [7, 11) is -5.65. The van der Waals surface area contributed by atoms with Gasteiger partial charge in [0, 0.05) is 34.1 Å². The lowest BCUT2D eigenvalue weighted by molar-refractivity contribution is 0.590. The van der Waals surface area contributed by atoms with Crippen LogP contribution in [0.25, 0.3) is 22.3 Å². The largest absolute Gasteiger partial charge is 0.311 e. The Labute approximate surface area is 468 Å². The first kappa shape index (κ1) is 47.7. The van der Waals surface area contributed by atoms with Crippen molar-refractivity contribution in [3.05, 3.63) is 272 Å². The normalized spacial score (nSPS) is 14.8. The van der Waals surface area contributed by atoms with Crippen LogP contribution in [0.1, 0.15) is 52.7 Å². The molecule has 0 bridgehead atoms. The van der Waals surface area contributed by atoms with Crippen molar-refractivity contribution >= 4 is 115 Å². The van der Waals surface area contributed by atoms with Gasteiger partial charge in [0.15, 0.2) is 16.1 Å². The fraction of sp³-hybridized carbons (Fsp3) is 0.108. The Morgan fingerprint density at radius 2 is 0.658 bits per heavy atom. The minimum atomic E-state index is -2.83. The molecule has 0 saturated carbocycles. The van der Waals surface area contributed by atoms with Crippen molar-refractivity contribution in [3.8, 4) is 22.3 Å². The average Bonchev–Trinajstić information content (AvgIpc) is 4.10. The SMILES string of the molecule is CC(C)(C)c1ccc2c(c1)N(c1ccc3c(c1)[Si](c1ccccc1)(c1ccccc1)c1ccccc1-3)c1cc(C(C)(C)C)cc3c1B2c1ccccc1N3c1ccc2c(c1)[Si](c1ccccc1)(c1ccccc1)c1ccccc1-2. The highest BCUT2D eigenvalue weighted by atomic mass is 28.3. The minimum absolute atomic E-state index is 0.00620. The summed E-state index contributed by atoms with van der Waals surface area (Å²) in [5.74, 6) is 0. The van der Waals surface area contributed by atoms with E-state index in [0.29, 0.717) is 0 Å². The standard InChI is InChI=1S/C74H61BN2Si2/c1-73(2,3)50-39-44-63-65(45-50)77(53-41-43-61-59-34-20-24-38-69(59)79(71(61)49-53,56-29-15-9-16-30-56)57-31-17-10-18-32-57)67-47-51(74(4,5)6)46-66-72(67)75(63)62-35-21-22-36-64(62)76(66)52-40-42-60-58-33-19-23-37-68(58)78(70(60)48-52,54-25-11-7-12-26-54)55-27-13-8-14-28-55/h7-49H,1-6H3. The summed E-state index contributed by atoms with van der Waals surface area (Å²) in [6.07, 6.45) is 0. The van der Waals surface area contributed by atoms with Crippen LogP contribution in [0.2, 0.25) is 0 Å². The lowest BCUT2D eigenvalue weighted by atomic mass is 9.33. The molecule has 0 aromatic heterocycles. The van der Waals surface area contributed by atoms with Gasteiger partial charge in [-0.2, -0.15) is 0 Å². The molecule has 5 heteroatoms. The lowest BCUT2D eigenvalue weighted by Gasteiger charge is -2.45. The molecule has 0 spiro atoms. The topological polar surface area (TPSA) is 6.48 Å². The average molecular weight is 1050 g/mol. The number of nitrogens with zero attached hydrogens (tertiary/aromatic N) is 2. The first-order valence-electron chi connectivity index (χ1n) is 28.2.